The molecule has 0 unspecified atom stereocenters. The third-order valence-corrected chi connectivity index (χ3v) is 12.0. The quantitative estimate of drug-likeness (QED) is 0.423. The van der Waals surface area contributed by atoms with Gasteiger partial charge in [-0.25, -0.2) is 4.68 Å². The molecule has 2 amide bonds. The maximum absolute atomic E-state index is 12.9. The van der Waals surface area contributed by atoms with E-state index in [1.807, 2.05) is 10.7 Å². The fourth-order valence-corrected chi connectivity index (χ4v) is 5.91. The number of nitrogens with zero attached hydrogens (tertiary/aromatic N) is 3. The van der Waals surface area contributed by atoms with Crippen LogP contribution in [0.4, 0.5) is 5.82 Å². The van der Waals surface area contributed by atoms with Gasteiger partial charge in [-0.3, -0.25) is 15.0 Å². The molecule has 0 saturated heterocycles. The average molecular weight is 483 g/mol. The molecule has 2 aromatic rings. The van der Waals surface area contributed by atoms with E-state index in [4.69, 9.17) is 9.52 Å². The molecule has 1 aromatic heterocycles. The van der Waals surface area contributed by atoms with E-state index in [1.54, 1.807) is 24.3 Å². The fraction of sp³-hybridized carbons (Fsp3) is 0.577. The van der Waals surface area contributed by atoms with Gasteiger partial charge in [0, 0.05) is 18.1 Å². The first-order valence-corrected chi connectivity index (χ1v) is 15.1. The van der Waals surface area contributed by atoms with E-state index < -0.39 is 8.32 Å². The summed E-state index contributed by atoms with van der Waals surface area (Å²) in [7, 11) is -1.83. The molecule has 1 aliphatic carbocycles. The summed E-state index contributed by atoms with van der Waals surface area (Å²) >= 11 is 0. The van der Waals surface area contributed by atoms with Crippen molar-refractivity contribution in [3.63, 3.8) is 0 Å². The third-order valence-electron chi connectivity index (χ3n) is 7.45. The summed E-state index contributed by atoms with van der Waals surface area (Å²) in [5.74, 6) is 0.256. The van der Waals surface area contributed by atoms with Gasteiger partial charge in [-0.05, 0) is 70.3 Å². The van der Waals surface area contributed by atoms with Crippen molar-refractivity contribution < 1.29 is 14.0 Å². The van der Waals surface area contributed by atoms with E-state index in [2.05, 4.69) is 60.1 Å². The standard InChI is InChI=1S/C26H38N4O3Si/c1-25(2,3)30-22(28-29-23(31)19-11-9-10-12-20(19)24(29)32)16-21(27-30)17-13-14-18(15-17)33-34(7,8)26(4,5)6/h9-12,16-18,28H,13-15H2,1-8H3/t17-,18+/m0/s1. The molecule has 8 heteroatoms. The summed E-state index contributed by atoms with van der Waals surface area (Å²) in [4.78, 5) is 25.8. The number of imide groups is 1. The number of rotatable bonds is 5. The Balaban J connectivity index is 1.55. The van der Waals surface area contributed by atoms with Gasteiger partial charge in [0.05, 0.1) is 22.4 Å². The predicted molar refractivity (Wildman–Crippen MR) is 136 cm³/mol. The van der Waals surface area contributed by atoms with Crippen molar-refractivity contribution in [2.45, 2.75) is 96.5 Å². The molecule has 1 saturated carbocycles. The van der Waals surface area contributed by atoms with Crippen LogP contribution in [0.3, 0.4) is 0 Å². The number of carbonyl (C=O) groups is 2. The van der Waals surface area contributed by atoms with Crippen LogP contribution >= 0.6 is 0 Å². The maximum atomic E-state index is 12.9. The minimum Gasteiger partial charge on any atom is -0.414 e. The zero-order valence-corrected chi connectivity index (χ0v) is 22.7. The number of amides is 2. The minimum absolute atomic E-state index is 0.183. The van der Waals surface area contributed by atoms with E-state index in [9.17, 15) is 9.59 Å². The largest absolute Gasteiger partial charge is 0.414 e. The third kappa shape index (κ3) is 4.45. The average Bonchev–Trinajstić information content (AvgIpc) is 3.41. The molecule has 2 aliphatic rings. The van der Waals surface area contributed by atoms with Gasteiger partial charge in [0.15, 0.2) is 8.32 Å². The lowest BCUT2D eigenvalue weighted by molar-refractivity contribution is 0.0688. The summed E-state index contributed by atoms with van der Waals surface area (Å²) in [5, 5.41) is 6.23. The Hall–Kier alpha value is -2.45. The zero-order chi connectivity index (χ0) is 25.1. The monoisotopic (exact) mass is 482 g/mol. The molecule has 34 heavy (non-hydrogen) atoms. The van der Waals surface area contributed by atoms with E-state index in [-0.39, 0.29) is 28.5 Å². The Morgan fingerprint density at radius 3 is 2.12 bits per heavy atom. The van der Waals surface area contributed by atoms with E-state index in [1.165, 1.54) is 0 Å². The van der Waals surface area contributed by atoms with Gasteiger partial charge < -0.3 is 4.43 Å². The molecular weight excluding hydrogens is 444 g/mol. The van der Waals surface area contributed by atoms with Crippen molar-refractivity contribution in [3.05, 3.63) is 47.2 Å². The van der Waals surface area contributed by atoms with Gasteiger partial charge in [-0.15, -0.1) is 0 Å². The van der Waals surface area contributed by atoms with Gasteiger partial charge in [0.1, 0.15) is 5.82 Å². The highest BCUT2D eigenvalue weighted by Crippen LogP contribution is 2.43. The molecule has 1 N–H and O–H groups in total. The summed E-state index contributed by atoms with van der Waals surface area (Å²) in [5.41, 5.74) is 4.58. The molecule has 7 nitrogen and oxygen atoms in total. The zero-order valence-electron chi connectivity index (χ0n) is 21.7. The number of fused-ring (bicyclic) bond motifs is 1. The number of benzene rings is 1. The Bertz CT molecular complexity index is 1070. The summed E-state index contributed by atoms with van der Waals surface area (Å²) in [6, 6.07) is 8.91. The first kappa shape index (κ1) is 24.7. The van der Waals surface area contributed by atoms with Crippen molar-refractivity contribution in [1.29, 1.82) is 0 Å². The van der Waals surface area contributed by atoms with Crippen molar-refractivity contribution in [3.8, 4) is 0 Å². The van der Waals surface area contributed by atoms with Crippen LogP contribution in [0.5, 0.6) is 0 Å². The van der Waals surface area contributed by atoms with E-state index in [0.717, 1.165) is 30.0 Å². The number of carbonyl (C=O) groups excluding carboxylic acids is 2. The molecule has 2 heterocycles. The highest BCUT2D eigenvalue weighted by Gasteiger charge is 2.42. The van der Waals surface area contributed by atoms with Crippen LogP contribution in [0.2, 0.25) is 18.1 Å². The van der Waals surface area contributed by atoms with Gasteiger partial charge in [-0.1, -0.05) is 32.9 Å². The first-order chi connectivity index (χ1) is 15.7. The molecule has 0 radical (unpaired) electrons. The Labute approximate surface area is 204 Å². The van der Waals surface area contributed by atoms with Crippen molar-refractivity contribution in [2.75, 3.05) is 5.43 Å². The Kier molecular flexibility index (Phi) is 6.05. The number of aromatic nitrogens is 2. The van der Waals surface area contributed by atoms with Crippen molar-refractivity contribution in [2.24, 2.45) is 0 Å². The molecule has 0 bridgehead atoms. The van der Waals surface area contributed by atoms with Crippen LogP contribution in [0.1, 0.15) is 93.1 Å². The molecule has 0 spiro atoms. The second-order valence-electron chi connectivity index (χ2n) is 12.2. The van der Waals surface area contributed by atoms with Crippen LogP contribution in [-0.4, -0.2) is 41.0 Å². The molecule has 1 fully saturated rings. The number of hydrazine groups is 1. The van der Waals surface area contributed by atoms with Crippen molar-refractivity contribution in [1.82, 2.24) is 14.8 Å². The first-order valence-electron chi connectivity index (χ1n) is 12.2. The maximum Gasteiger partial charge on any atom is 0.280 e. The van der Waals surface area contributed by atoms with Crippen LogP contribution < -0.4 is 5.43 Å². The van der Waals surface area contributed by atoms with Gasteiger partial charge in [-0.2, -0.15) is 10.1 Å². The van der Waals surface area contributed by atoms with E-state index >= 15 is 0 Å². The molecular formula is C26H38N4O3Si. The number of nitrogens with one attached hydrogen (secondary N) is 1. The minimum atomic E-state index is -1.83. The molecule has 2 atom stereocenters. The molecule has 184 valence electrons. The second-order valence-corrected chi connectivity index (χ2v) is 16.9. The Morgan fingerprint density at radius 1 is 1.00 bits per heavy atom. The number of anilines is 1. The fourth-order valence-electron chi connectivity index (χ4n) is 4.50. The summed E-state index contributed by atoms with van der Waals surface area (Å²) in [6.45, 7) is 17.6. The summed E-state index contributed by atoms with van der Waals surface area (Å²) in [6.07, 6.45) is 3.24. The topological polar surface area (TPSA) is 76.5 Å². The molecule has 1 aromatic carbocycles. The normalized spacial score (nSPS) is 21.4. The number of hydrogen-bond acceptors (Lipinski definition) is 5. The molecule has 4 rings (SSSR count). The number of hydrogen-bond donors (Lipinski definition) is 1. The van der Waals surface area contributed by atoms with Crippen LogP contribution in [0, 0.1) is 0 Å². The SMILES string of the molecule is CC(C)(C)n1nc([C@H]2CC[C@@H](O[Si](C)(C)C(C)(C)C)C2)cc1NN1C(=O)c2ccccc2C1=O. The lowest BCUT2D eigenvalue weighted by Gasteiger charge is -2.38. The van der Waals surface area contributed by atoms with Gasteiger partial charge >= 0.3 is 0 Å². The highest BCUT2D eigenvalue weighted by molar-refractivity contribution is 6.74. The highest BCUT2D eigenvalue weighted by atomic mass is 28.4. The van der Waals surface area contributed by atoms with Crippen LogP contribution in [-0.2, 0) is 9.96 Å². The van der Waals surface area contributed by atoms with E-state index in [0.29, 0.717) is 22.9 Å². The lowest BCUT2D eigenvalue weighted by Crippen LogP contribution is -2.43. The smallest absolute Gasteiger partial charge is 0.280 e. The van der Waals surface area contributed by atoms with Gasteiger partial charge in [0.25, 0.3) is 11.8 Å². The Morgan fingerprint density at radius 2 is 1.59 bits per heavy atom. The van der Waals surface area contributed by atoms with Crippen LogP contribution in [0.15, 0.2) is 30.3 Å². The lowest BCUT2D eigenvalue weighted by atomic mass is 10.0. The van der Waals surface area contributed by atoms with Crippen molar-refractivity contribution >= 4 is 25.9 Å². The van der Waals surface area contributed by atoms with Crippen LogP contribution in [0.25, 0.3) is 0 Å². The second kappa shape index (κ2) is 8.34. The molecule has 1 aliphatic heterocycles. The van der Waals surface area contributed by atoms with Gasteiger partial charge in [0.2, 0.25) is 0 Å². The summed E-state index contributed by atoms with van der Waals surface area (Å²) < 4.78 is 8.56. The predicted octanol–water partition coefficient (Wildman–Crippen LogP) is 5.92.